The summed E-state index contributed by atoms with van der Waals surface area (Å²) >= 11 is 3.51. The van der Waals surface area contributed by atoms with Crippen LogP contribution in [0.4, 0.5) is 10.5 Å². The topological polar surface area (TPSA) is 116 Å². The van der Waals surface area contributed by atoms with Crippen molar-refractivity contribution >= 4 is 56.4 Å². The van der Waals surface area contributed by atoms with Crippen molar-refractivity contribution in [1.29, 1.82) is 0 Å². The van der Waals surface area contributed by atoms with Gasteiger partial charge in [0.1, 0.15) is 5.69 Å². The van der Waals surface area contributed by atoms with Crippen LogP contribution in [0.1, 0.15) is 35.5 Å². The molecular formula is C19H22BrN3O5. The molecule has 1 aromatic carbocycles. The summed E-state index contributed by atoms with van der Waals surface area (Å²) in [4.78, 5) is 28.4. The number of allylic oxidation sites excluding steroid dienone is 1. The van der Waals surface area contributed by atoms with Crippen LogP contribution in [0.15, 0.2) is 26.1 Å². The molecule has 0 bridgehead atoms. The summed E-state index contributed by atoms with van der Waals surface area (Å²) in [6, 6.07) is 1.77. The number of carbonyl (C=O) groups is 2. The number of nitrogens with one attached hydrogen (secondary N) is 1. The number of nitrogens with two attached hydrogens (primary N) is 1. The molecule has 0 spiro atoms. The Bertz CT molecular complexity index is 962. The second-order valence-electron chi connectivity index (χ2n) is 5.62. The Labute approximate surface area is 170 Å². The molecule has 0 atom stereocenters. The molecule has 0 aliphatic heterocycles. The first-order chi connectivity index (χ1) is 13.4. The van der Waals surface area contributed by atoms with Crippen molar-refractivity contribution in [3.05, 3.63) is 33.6 Å². The van der Waals surface area contributed by atoms with Crippen LogP contribution >= 0.6 is 15.9 Å². The van der Waals surface area contributed by atoms with Crippen molar-refractivity contribution in [2.75, 3.05) is 25.6 Å². The molecule has 0 saturated heterocycles. The van der Waals surface area contributed by atoms with E-state index in [9.17, 15) is 9.59 Å². The van der Waals surface area contributed by atoms with Crippen LogP contribution in [0.2, 0.25) is 0 Å². The fourth-order valence-corrected chi connectivity index (χ4v) is 3.17. The van der Waals surface area contributed by atoms with Gasteiger partial charge in [0.05, 0.1) is 17.7 Å². The maximum atomic E-state index is 12.4. The fraction of sp³-hybridized carbons (Fsp3) is 0.316. The van der Waals surface area contributed by atoms with E-state index >= 15 is 0 Å². The number of fused-ring (bicyclic) bond motifs is 1. The second kappa shape index (κ2) is 9.41. The number of esters is 1. The molecule has 0 fully saturated rings. The normalized spacial score (nSPS) is 11.8. The number of hydrogen-bond acceptors (Lipinski definition) is 7. The van der Waals surface area contributed by atoms with Crippen molar-refractivity contribution in [1.82, 2.24) is 0 Å². The number of anilines is 1. The average molecular weight is 452 g/mol. The van der Waals surface area contributed by atoms with Gasteiger partial charge in [-0.05, 0) is 53.9 Å². The monoisotopic (exact) mass is 451 g/mol. The molecule has 1 heterocycles. The molecule has 8 nitrogen and oxygen atoms in total. The summed E-state index contributed by atoms with van der Waals surface area (Å²) in [7, 11) is 1.64. The summed E-state index contributed by atoms with van der Waals surface area (Å²) in [6.45, 7) is 5.57. The second-order valence-corrected chi connectivity index (χ2v) is 6.41. The van der Waals surface area contributed by atoms with Crippen LogP contribution in [0, 0.1) is 6.92 Å². The van der Waals surface area contributed by atoms with Gasteiger partial charge in [0.2, 0.25) is 5.76 Å². The largest absolute Gasteiger partial charge is 0.460 e. The minimum Gasteiger partial charge on any atom is -0.460 e. The number of furan rings is 1. The number of carbonyl (C=O) groups excluding carboxylic acids is 2. The van der Waals surface area contributed by atoms with Gasteiger partial charge < -0.3 is 19.6 Å². The van der Waals surface area contributed by atoms with Crippen LogP contribution in [0.3, 0.4) is 0 Å². The van der Waals surface area contributed by atoms with Crippen LogP contribution in [0.25, 0.3) is 16.5 Å². The van der Waals surface area contributed by atoms with Crippen LogP contribution in [0.5, 0.6) is 0 Å². The van der Waals surface area contributed by atoms with Crippen molar-refractivity contribution in [3.63, 3.8) is 0 Å². The van der Waals surface area contributed by atoms with E-state index < -0.39 is 12.1 Å². The number of nitrogens with zero attached hydrogens (tertiary/aromatic N) is 1. The minimum atomic E-state index is -0.710. The minimum absolute atomic E-state index is 0.121. The Morgan fingerprint density at radius 2 is 2.00 bits per heavy atom. The number of aliphatic imine (C=N–C) groups is 1. The third kappa shape index (κ3) is 4.19. The molecule has 2 rings (SSSR count). The van der Waals surface area contributed by atoms with Crippen LogP contribution < -0.4 is 11.1 Å². The smallest absolute Gasteiger partial charge is 0.411 e. The van der Waals surface area contributed by atoms with Gasteiger partial charge in [0.15, 0.2) is 5.58 Å². The Kier molecular flexibility index (Phi) is 7.22. The zero-order valence-corrected chi connectivity index (χ0v) is 17.7. The molecule has 0 aliphatic rings. The molecule has 2 aromatic rings. The van der Waals surface area contributed by atoms with Gasteiger partial charge in [0.25, 0.3) is 0 Å². The maximum Gasteiger partial charge on any atom is 0.411 e. The zero-order valence-electron chi connectivity index (χ0n) is 16.1. The third-order valence-electron chi connectivity index (χ3n) is 3.89. The summed E-state index contributed by atoms with van der Waals surface area (Å²) in [5.41, 5.74) is 8.56. The van der Waals surface area contributed by atoms with E-state index in [4.69, 9.17) is 19.6 Å². The first kappa shape index (κ1) is 21.5. The number of hydrogen-bond donors (Lipinski definition) is 2. The molecule has 0 aliphatic carbocycles. The maximum absolute atomic E-state index is 12.4. The van der Waals surface area contributed by atoms with E-state index in [1.54, 1.807) is 33.2 Å². The average Bonchev–Trinajstić information content (AvgIpc) is 3.02. The van der Waals surface area contributed by atoms with Gasteiger partial charge in [-0.3, -0.25) is 10.3 Å². The molecule has 9 heteroatoms. The van der Waals surface area contributed by atoms with Gasteiger partial charge >= 0.3 is 12.1 Å². The van der Waals surface area contributed by atoms with Gasteiger partial charge in [0, 0.05) is 30.4 Å². The van der Waals surface area contributed by atoms with E-state index in [1.165, 1.54) is 6.20 Å². The van der Waals surface area contributed by atoms with Crippen molar-refractivity contribution < 1.29 is 23.5 Å². The lowest BCUT2D eigenvalue weighted by Crippen LogP contribution is -2.16. The highest BCUT2D eigenvalue weighted by atomic mass is 79.9. The Balaban J connectivity index is 2.79. The standard InChI is InChI=1S/C19H22BrN3O5/c1-5-26-18(24)17-15(23-19(25)27-6-2)13-7-12(11(8-21)9-22-4)10(3)14(20)16(13)28-17/h7-9H,5-6,21H2,1-4H3,(H,23,25)/b11-8+,22-9?. The number of halogens is 1. The lowest BCUT2D eigenvalue weighted by Gasteiger charge is -2.10. The Morgan fingerprint density at radius 1 is 1.32 bits per heavy atom. The van der Waals surface area contributed by atoms with E-state index in [1.807, 2.05) is 6.92 Å². The summed E-state index contributed by atoms with van der Waals surface area (Å²) in [5, 5.41) is 3.07. The molecule has 0 unspecified atom stereocenters. The summed E-state index contributed by atoms with van der Waals surface area (Å²) in [5.74, 6) is -0.814. The number of benzene rings is 1. The molecule has 1 aromatic heterocycles. The lowest BCUT2D eigenvalue weighted by atomic mass is 9.99. The Morgan fingerprint density at radius 3 is 2.57 bits per heavy atom. The summed E-state index contributed by atoms with van der Waals surface area (Å²) in [6.07, 6.45) is 2.34. The molecule has 28 heavy (non-hydrogen) atoms. The van der Waals surface area contributed by atoms with Crippen LogP contribution in [-0.2, 0) is 9.47 Å². The van der Waals surface area contributed by atoms with Gasteiger partial charge in [-0.25, -0.2) is 9.59 Å². The first-order valence-corrected chi connectivity index (χ1v) is 9.39. The molecule has 0 radical (unpaired) electrons. The molecule has 1 amide bonds. The van der Waals surface area contributed by atoms with Gasteiger partial charge in [-0.2, -0.15) is 0 Å². The van der Waals surface area contributed by atoms with Crippen LogP contribution in [-0.4, -0.2) is 38.5 Å². The van der Waals surface area contributed by atoms with Gasteiger partial charge in [-0.15, -0.1) is 0 Å². The quantitative estimate of drug-likeness (QED) is 0.500. The number of amides is 1. The molecular weight excluding hydrogens is 430 g/mol. The molecule has 0 saturated carbocycles. The van der Waals surface area contributed by atoms with Crippen molar-refractivity contribution in [2.45, 2.75) is 20.8 Å². The highest BCUT2D eigenvalue weighted by Crippen LogP contribution is 2.40. The van der Waals surface area contributed by atoms with E-state index in [0.717, 1.165) is 11.1 Å². The summed E-state index contributed by atoms with van der Waals surface area (Å²) < 4.78 is 16.4. The lowest BCUT2D eigenvalue weighted by molar-refractivity contribution is 0.0494. The first-order valence-electron chi connectivity index (χ1n) is 8.60. The highest BCUT2D eigenvalue weighted by molar-refractivity contribution is 9.10. The number of rotatable bonds is 6. The molecule has 150 valence electrons. The number of ether oxygens (including phenoxy) is 2. The predicted octanol–water partition coefficient (Wildman–Crippen LogP) is 4.25. The Hall–Kier alpha value is -2.81. The van der Waals surface area contributed by atoms with E-state index in [0.29, 0.717) is 21.0 Å². The van der Waals surface area contributed by atoms with E-state index in [-0.39, 0.29) is 24.7 Å². The van der Waals surface area contributed by atoms with Crippen molar-refractivity contribution in [2.24, 2.45) is 10.7 Å². The zero-order chi connectivity index (χ0) is 20.8. The fourth-order valence-electron chi connectivity index (χ4n) is 2.66. The van der Waals surface area contributed by atoms with Gasteiger partial charge in [-0.1, -0.05) is 0 Å². The molecule has 3 N–H and O–H groups in total. The highest BCUT2D eigenvalue weighted by Gasteiger charge is 2.27. The van der Waals surface area contributed by atoms with E-state index in [2.05, 4.69) is 26.2 Å². The predicted molar refractivity (Wildman–Crippen MR) is 112 cm³/mol. The van der Waals surface area contributed by atoms with Crippen molar-refractivity contribution in [3.8, 4) is 0 Å². The SMILES string of the molecule is CCOC(=O)Nc1c(C(=O)OCC)oc2c(Br)c(C)c(/C(C=NC)=C/N)cc12. The third-order valence-corrected chi connectivity index (χ3v) is 4.84.